The molecule has 11 heteroatoms. The van der Waals surface area contributed by atoms with Crippen molar-refractivity contribution in [2.24, 2.45) is 0 Å². The zero-order valence-electron chi connectivity index (χ0n) is 16.6. The number of morpholine rings is 1. The van der Waals surface area contributed by atoms with Crippen LogP contribution in [0.4, 0.5) is 17.5 Å². The molecule has 5 rings (SSSR count). The minimum atomic E-state index is -0.966. The summed E-state index contributed by atoms with van der Waals surface area (Å²) >= 11 is 0. The number of amides is 2. The summed E-state index contributed by atoms with van der Waals surface area (Å²) in [4.78, 5) is 47.2. The lowest BCUT2D eigenvalue weighted by molar-refractivity contribution is -0.123. The molecule has 1 atom stereocenters. The van der Waals surface area contributed by atoms with Gasteiger partial charge in [0.2, 0.25) is 17.8 Å². The van der Waals surface area contributed by atoms with Gasteiger partial charge in [0.05, 0.1) is 24.7 Å². The monoisotopic (exact) mass is 427 g/mol. The second-order valence-electron chi connectivity index (χ2n) is 7.40. The number of benzene rings is 1. The molecule has 31 heavy (non-hydrogen) atoms. The summed E-state index contributed by atoms with van der Waals surface area (Å²) in [5.41, 5.74) is 0.177. The number of nitrogens with one attached hydrogen (secondary N) is 3. The van der Waals surface area contributed by atoms with Crippen LogP contribution in [0.15, 0.2) is 23.0 Å². The summed E-state index contributed by atoms with van der Waals surface area (Å²) < 4.78 is 16.3. The Morgan fingerprint density at radius 2 is 1.87 bits per heavy atom. The molecule has 3 aliphatic rings. The summed E-state index contributed by atoms with van der Waals surface area (Å²) in [7, 11) is 0. The van der Waals surface area contributed by atoms with Crippen molar-refractivity contribution in [2.45, 2.75) is 12.3 Å². The number of ether oxygens (including phenoxy) is 3. The van der Waals surface area contributed by atoms with Crippen LogP contribution in [0, 0.1) is 0 Å². The summed E-state index contributed by atoms with van der Waals surface area (Å²) in [6, 6.07) is 5.04. The number of H-pyrrole nitrogens is 1. The quantitative estimate of drug-likeness (QED) is 0.642. The second-order valence-corrected chi connectivity index (χ2v) is 7.40. The number of nitrogens with zero attached hydrogens (tertiary/aromatic N) is 2. The Labute approximate surface area is 176 Å². The number of carbonyl (C=O) groups is 2. The smallest absolute Gasteiger partial charge is 0.258 e. The van der Waals surface area contributed by atoms with E-state index in [4.69, 9.17) is 14.2 Å². The van der Waals surface area contributed by atoms with Crippen LogP contribution >= 0.6 is 0 Å². The number of rotatable bonds is 3. The summed E-state index contributed by atoms with van der Waals surface area (Å²) in [5.74, 6) is -0.223. The summed E-state index contributed by atoms with van der Waals surface area (Å²) in [6.45, 7) is 3.08. The van der Waals surface area contributed by atoms with Crippen LogP contribution in [0.1, 0.15) is 17.9 Å². The molecule has 3 aliphatic heterocycles. The van der Waals surface area contributed by atoms with E-state index in [1.165, 1.54) is 0 Å². The van der Waals surface area contributed by atoms with Gasteiger partial charge in [-0.2, -0.15) is 4.98 Å². The Balaban J connectivity index is 1.42. The van der Waals surface area contributed by atoms with Crippen LogP contribution in [0.2, 0.25) is 0 Å². The van der Waals surface area contributed by atoms with Crippen molar-refractivity contribution in [3.05, 3.63) is 34.1 Å². The third kappa shape index (κ3) is 3.79. The van der Waals surface area contributed by atoms with E-state index in [0.717, 1.165) is 0 Å². The topological polar surface area (TPSA) is 135 Å². The molecular formula is C20H21N5O6. The van der Waals surface area contributed by atoms with Crippen LogP contribution in [-0.2, 0) is 14.3 Å². The van der Waals surface area contributed by atoms with Crippen LogP contribution in [0.3, 0.4) is 0 Å². The maximum atomic E-state index is 13.0. The molecule has 0 radical (unpaired) electrons. The molecule has 0 aliphatic carbocycles. The predicted molar refractivity (Wildman–Crippen MR) is 110 cm³/mol. The fourth-order valence-electron chi connectivity index (χ4n) is 3.86. The highest BCUT2D eigenvalue weighted by molar-refractivity contribution is 6.04. The number of hydrogen-bond donors (Lipinski definition) is 3. The molecule has 162 valence electrons. The van der Waals surface area contributed by atoms with Crippen LogP contribution in [0.25, 0.3) is 0 Å². The molecule has 1 aromatic heterocycles. The Hall–Kier alpha value is -3.60. The first-order chi connectivity index (χ1) is 15.1. The summed E-state index contributed by atoms with van der Waals surface area (Å²) in [5, 5.41) is 5.39. The van der Waals surface area contributed by atoms with E-state index in [2.05, 4.69) is 20.6 Å². The van der Waals surface area contributed by atoms with Gasteiger partial charge in [-0.25, -0.2) is 0 Å². The van der Waals surface area contributed by atoms with E-state index in [-0.39, 0.29) is 23.7 Å². The molecule has 0 spiro atoms. The van der Waals surface area contributed by atoms with Crippen molar-refractivity contribution < 1.29 is 23.8 Å². The zero-order valence-corrected chi connectivity index (χ0v) is 16.6. The molecular weight excluding hydrogens is 406 g/mol. The van der Waals surface area contributed by atoms with Gasteiger partial charge in [0.15, 0.2) is 11.5 Å². The van der Waals surface area contributed by atoms with Crippen molar-refractivity contribution >= 4 is 29.3 Å². The fourth-order valence-corrected chi connectivity index (χ4v) is 3.86. The molecule has 0 unspecified atom stereocenters. The molecule has 1 saturated heterocycles. The normalized spacial score (nSPS) is 19.9. The molecule has 1 fully saturated rings. The van der Waals surface area contributed by atoms with E-state index >= 15 is 0 Å². The van der Waals surface area contributed by atoms with Gasteiger partial charge in [-0.15, -0.1) is 0 Å². The first kappa shape index (κ1) is 19.4. The van der Waals surface area contributed by atoms with Gasteiger partial charge in [-0.1, -0.05) is 0 Å². The maximum Gasteiger partial charge on any atom is 0.258 e. The first-order valence-corrected chi connectivity index (χ1v) is 10.1. The first-order valence-electron chi connectivity index (χ1n) is 10.1. The highest BCUT2D eigenvalue weighted by atomic mass is 16.6. The average Bonchev–Trinajstić information content (AvgIpc) is 2.78. The van der Waals surface area contributed by atoms with Gasteiger partial charge in [0, 0.05) is 31.3 Å². The Bertz CT molecular complexity index is 1090. The lowest BCUT2D eigenvalue weighted by Crippen LogP contribution is -2.41. The van der Waals surface area contributed by atoms with Gasteiger partial charge >= 0.3 is 0 Å². The fraction of sp³-hybridized carbons (Fsp3) is 0.400. The van der Waals surface area contributed by atoms with E-state index in [1.54, 1.807) is 18.2 Å². The summed E-state index contributed by atoms with van der Waals surface area (Å²) in [6.07, 6.45) is -0.148. The number of fused-ring (bicyclic) bond motifs is 2. The molecule has 1 aromatic carbocycles. The molecule has 2 aromatic rings. The molecule has 2 amide bonds. The highest BCUT2D eigenvalue weighted by Gasteiger charge is 2.35. The number of hydrogen-bond acceptors (Lipinski definition) is 8. The lowest BCUT2D eigenvalue weighted by Gasteiger charge is -2.29. The number of carbonyl (C=O) groups excluding carboxylic acids is 2. The van der Waals surface area contributed by atoms with Crippen LogP contribution in [-0.4, -0.2) is 61.3 Å². The molecule has 11 nitrogen and oxygen atoms in total. The molecule has 0 bridgehead atoms. The SMILES string of the molecule is O=C1C[C@@H](C(=O)Nc2ccc3c(c2)OCCO3)c2c(nc(N3CCOCC3)[nH]c2=O)N1. The number of aromatic nitrogens is 2. The number of anilines is 3. The Kier molecular flexibility index (Phi) is 4.94. The van der Waals surface area contributed by atoms with E-state index in [9.17, 15) is 14.4 Å². The van der Waals surface area contributed by atoms with Gasteiger partial charge in [-0.3, -0.25) is 19.4 Å². The second kappa shape index (κ2) is 7.91. The largest absolute Gasteiger partial charge is 0.486 e. The molecule has 0 saturated carbocycles. The van der Waals surface area contributed by atoms with Crippen molar-refractivity contribution in [3.63, 3.8) is 0 Å². The molecule has 3 N–H and O–H groups in total. The van der Waals surface area contributed by atoms with Gasteiger partial charge in [-0.05, 0) is 12.1 Å². The van der Waals surface area contributed by atoms with Gasteiger partial charge in [0.25, 0.3) is 5.56 Å². The third-order valence-corrected chi connectivity index (χ3v) is 5.38. The van der Waals surface area contributed by atoms with Gasteiger partial charge in [0.1, 0.15) is 19.0 Å². The minimum absolute atomic E-state index is 0.115. The maximum absolute atomic E-state index is 13.0. The number of aromatic amines is 1. The van der Waals surface area contributed by atoms with Crippen molar-refractivity contribution in [3.8, 4) is 11.5 Å². The van der Waals surface area contributed by atoms with Crippen LogP contribution in [0.5, 0.6) is 11.5 Å². The predicted octanol–water partition coefficient (Wildman–Crippen LogP) is 0.442. The lowest BCUT2D eigenvalue weighted by atomic mass is 9.92. The molecule has 4 heterocycles. The highest BCUT2D eigenvalue weighted by Crippen LogP contribution is 2.34. The van der Waals surface area contributed by atoms with Crippen molar-refractivity contribution in [1.82, 2.24) is 9.97 Å². The van der Waals surface area contributed by atoms with Crippen molar-refractivity contribution in [1.29, 1.82) is 0 Å². The standard InChI is InChI=1S/C20H21N5O6/c26-15-10-12(18(27)21-11-1-2-13-14(9-11)31-8-7-30-13)16-17(22-15)23-20(24-19(16)28)25-3-5-29-6-4-25/h1-2,9,12H,3-8,10H2,(H,21,27)(H2,22,23,24,26,28)/t12-/m1/s1. The third-order valence-electron chi connectivity index (χ3n) is 5.38. The zero-order chi connectivity index (χ0) is 21.4. The van der Waals surface area contributed by atoms with E-state index < -0.39 is 17.4 Å². The van der Waals surface area contributed by atoms with E-state index in [0.29, 0.717) is 62.7 Å². The van der Waals surface area contributed by atoms with Crippen LogP contribution < -0.4 is 30.6 Å². The average molecular weight is 427 g/mol. The Morgan fingerprint density at radius 3 is 2.68 bits per heavy atom. The van der Waals surface area contributed by atoms with E-state index in [1.807, 2.05) is 4.90 Å². The van der Waals surface area contributed by atoms with Crippen molar-refractivity contribution in [2.75, 3.05) is 55.1 Å². The van der Waals surface area contributed by atoms with Gasteiger partial charge < -0.3 is 29.7 Å². The minimum Gasteiger partial charge on any atom is -0.486 e. The Morgan fingerprint density at radius 1 is 1.10 bits per heavy atom.